The molecule has 0 unspecified atom stereocenters. The van der Waals surface area contributed by atoms with Crippen molar-refractivity contribution in [1.82, 2.24) is 5.32 Å². The van der Waals surface area contributed by atoms with E-state index in [9.17, 15) is 14.7 Å². The van der Waals surface area contributed by atoms with E-state index in [1.807, 2.05) is 32.0 Å². The molecule has 0 aliphatic carbocycles. The Hall–Kier alpha value is -1.92. The first kappa shape index (κ1) is 18.1. The molecule has 22 heavy (non-hydrogen) atoms. The second-order valence-electron chi connectivity index (χ2n) is 5.08. The fourth-order valence-electron chi connectivity index (χ4n) is 2.12. The maximum atomic E-state index is 11.7. The molecule has 0 heterocycles. The van der Waals surface area contributed by atoms with Gasteiger partial charge >= 0.3 is 5.97 Å². The Labute approximate surface area is 130 Å². The van der Waals surface area contributed by atoms with Crippen molar-refractivity contribution >= 4 is 11.9 Å². The Bertz CT molecular complexity index is 495. The molecule has 0 fully saturated rings. The molecule has 0 radical (unpaired) electrons. The molecule has 0 spiro atoms. The van der Waals surface area contributed by atoms with Gasteiger partial charge in [-0.05, 0) is 30.5 Å². The molecule has 6 nitrogen and oxygen atoms in total. The molecule has 1 aromatic rings. The number of rotatable bonds is 9. The first-order valence-electron chi connectivity index (χ1n) is 7.09. The van der Waals surface area contributed by atoms with E-state index in [2.05, 4.69) is 5.32 Å². The fourth-order valence-corrected chi connectivity index (χ4v) is 2.12. The molecule has 0 bridgehead atoms. The zero-order chi connectivity index (χ0) is 16.5. The number of carboxylic acids is 1. The minimum atomic E-state index is -1.06. The molecule has 0 saturated carbocycles. The maximum Gasteiger partial charge on any atom is 0.326 e. The number of hydrogen-bond acceptors (Lipinski definition) is 4. The van der Waals surface area contributed by atoms with Gasteiger partial charge in [-0.15, -0.1) is 0 Å². The molecule has 0 aliphatic heterocycles. The molecule has 122 valence electrons. The van der Waals surface area contributed by atoms with Crippen LogP contribution in [0.15, 0.2) is 18.2 Å². The summed E-state index contributed by atoms with van der Waals surface area (Å²) in [5.41, 5.74) is 2.96. The van der Waals surface area contributed by atoms with Crippen LogP contribution in [-0.2, 0) is 25.5 Å². The molecule has 1 amide bonds. The van der Waals surface area contributed by atoms with Gasteiger partial charge in [-0.1, -0.05) is 18.2 Å². The Morgan fingerprint density at radius 2 is 1.86 bits per heavy atom. The molecule has 1 atom stereocenters. The Kier molecular flexibility index (Phi) is 7.56. The average Bonchev–Trinajstić information content (AvgIpc) is 2.46. The van der Waals surface area contributed by atoms with Gasteiger partial charge in [0.2, 0.25) is 5.91 Å². The number of nitrogens with one attached hydrogen (secondary N) is 1. The van der Waals surface area contributed by atoms with Crippen molar-refractivity contribution < 1.29 is 24.2 Å². The predicted molar refractivity (Wildman–Crippen MR) is 81.9 cm³/mol. The number of carboxylic acid groups (broad SMARTS) is 1. The number of carbonyl (C=O) groups is 2. The summed E-state index contributed by atoms with van der Waals surface area (Å²) in [5.74, 6) is -1.51. The summed E-state index contributed by atoms with van der Waals surface area (Å²) in [6.07, 6.45) is 0.248. The van der Waals surface area contributed by atoms with E-state index in [1.54, 1.807) is 0 Å². The summed E-state index contributed by atoms with van der Waals surface area (Å²) in [7, 11) is 1.54. The first-order chi connectivity index (χ1) is 10.5. The lowest BCUT2D eigenvalue weighted by Gasteiger charge is -2.17. The number of carbonyl (C=O) groups excluding carboxylic acids is 1. The van der Waals surface area contributed by atoms with Crippen LogP contribution in [0.25, 0.3) is 0 Å². The van der Waals surface area contributed by atoms with Crippen LogP contribution in [0.5, 0.6) is 0 Å². The first-order valence-corrected chi connectivity index (χ1v) is 7.09. The number of ether oxygens (including phenoxy) is 2. The highest BCUT2D eigenvalue weighted by molar-refractivity contribution is 5.84. The van der Waals surface area contributed by atoms with E-state index >= 15 is 0 Å². The van der Waals surface area contributed by atoms with E-state index in [-0.39, 0.29) is 13.0 Å². The SMILES string of the molecule is COCCOCC(=O)N[C@@H](Cc1c(C)cccc1C)C(=O)O. The van der Waals surface area contributed by atoms with Crippen molar-refractivity contribution in [2.45, 2.75) is 26.3 Å². The van der Waals surface area contributed by atoms with E-state index in [0.717, 1.165) is 16.7 Å². The number of benzene rings is 1. The Balaban J connectivity index is 2.63. The molecule has 0 aliphatic rings. The highest BCUT2D eigenvalue weighted by Crippen LogP contribution is 2.15. The summed E-state index contributed by atoms with van der Waals surface area (Å²) >= 11 is 0. The number of aliphatic carboxylic acids is 1. The van der Waals surface area contributed by atoms with E-state index in [0.29, 0.717) is 13.2 Å². The van der Waals surface area contributed by atoms with Crippen molar-refractivity contribution in [3.8, 4) is 0 Å². The van der Waals surface area contributed by atoms with Gasteiger partial charge in [0.15, 0.2) is 0 Å². The Morgan fingerprint density at radius 3 is 2.41 bits per heavy atom. The summed E-state index contributed by atoms with van der Waals surface area (Å²) in [6, 6.07) is 4.80. The van der Waals surface area contributed by atoms with Crippen LogP contribution in [0.4, 0.5) is 0 Å². The third-order valence-electron chi connectivity index (χ3n) is 3.35. The summed E-state index contributed by atoms with van der Waals surface area (Å²) in [6.45, 7) is 4.35. The van der Waals surface area contributed by atoms with Crippen LogP contribution in [0, 0.1) is 13.8 Å². The summed E-state index contributed by atoms with van der Waals surface area (Å²) in [5, 5.41) is 11.8. The molecule has 0 saturated heterocycles. The van der Waals surface area contributed by atoms with E-state index in [1.165, 1.54) is 7.11 Å². The summed E-state index contributed by atoms with van der Waals surface area (Å²) in [4.78, 5) is 23.1. The molecule has 2 N–H and O–H groups in total. The third-order valence-corrected chi connectivity index (χ3v) is 3.35. The zero-order valence-electron chi connectivity index (χ0n) is 13.2. The lowest BCUT2D eigenvalue weighted by Crippen LogP contribution is -2.44. The van der Waals surface area contributed by atoms with Gasteiger partial charge in [0.25, 0.3) is 0 Å². The van der Waals surface area contributed by atoms with Gasteiger partial charge in [-0.3, -0.25) is 4.79 Å². The van der Waals surface area contributed by atoms with Crippen molar-refractivity contribution in [2.24, 2.45) is 0 Å². The second kappa shape index (κ2) is 9.17. The van der Waals surface area contributed by atoms with Crippen LogP contribution in [0.1, 0.15) is 16.7 Å². The molecule has 6 heteroatoms. The molecule has 0 aromatic heterocycles. The Morgan fingerprint density at radius 1 is 1.23 bits per heavy atom. The van der Waals surface area contributed by atoms with E-state index < -0.39 is 17.9 Å². The second-order valence-corrected chi connectivity index (χ2v) is 5.08. The number of amides is 1. The van der Waals surface area contributed by atoms with Gasteiger partial charge in [0, 0.05) is 13.5 Å². The zero-order valence-corrected chi connectivity index (χ0v) is 13.2. The standard InChI is InChI=1S/C16H23NO5/c1-11-5-4-6-12(2)13(11)9-14(16(19)20)17-15(18)10-22-8-7-21-3/h4-6,14H,7-10H2,1-3H3,(H,17,18)(H,19,20)/t14-/m0/s1. The van der Waals surface area contributed by atoms with Gasteiger partial charge in [0.1, 0.15) is 12.6 Å². The van der Waals surface area contributed by atoms with Crippen LogP contribution < -0.4 is 5.32 Å². The number of hydrogen-bond donors (Lipinski definition) is 2. The quantitative estimate of drug-likeness (QED) is 0.667. The van der Waals surface area contributed by atoms with Gasteiger partial charge < -0.3 is 19.9 Å². The van der Waals surface area contributed by atoms with Crippen molar-refractivity contribution in [3.63, 3.8) is 0 Å². The molecular formula is C16H23NO5. The number of aryl methyl sites for hydroxylation is 2. The van der Waals surface area contributed by atoms with Gasteiger partial charge in [-0.2, -0.15) is 0 Å². The normalized spacial score (nSPS) is 12.0. The number of methoxy groups -OCH3 is 1. The van der Waals surface area contributed by atoms with Crippen LogP contribution in [0.3, 0.4) is 0 Å². The fraction of sp³-hybridized carbons (Fsp3) is 0.500. The monoisotopic (exact) mass is 309 g/mol. The van der Waals surface area contributed by atoms with Crippen molar-refractivity contribution in [3.05, 3.63) is 34.9 Å². The molecule has 1 aromatic carbocycles. The third kappa shape index (κ3) is 5.83. The van der Waals surface area contributed by atoms with Crippen molar-refractivity contribution in [2.75, 3.05) is 26.9 Å². The predicted octanol–water partition coefficient (Wildman–Crippen LogP) is 1.08. The van der Waals surface area contributed by atoms with Crippen LogP contribution in [-0.4, -0.2) is 50.0 Å². The highest BCUT2D eigenvalue weighted by atomic mass is 16.5. The largest absolute Gasteiger partial charge is 0.480 e. The van der Waals surface area contributed by atoms with Gasteiger partial charge in [0.05, 0.1) is 13.2 Å². The average molecular weight is 309 g/mol. The summed E-state index contributed by atoms with van der Waals surface area (Å²) < 4.78 is 9.88. The topological polar surface area (TPSA) is 84.9 Å². The van der Waals surface area contributed by atoms with Gasteiger partial charge in [-0.25, -0.2) is 4.79 Å². The van der Waals surface area contributed by atoms with Crippen molar-refractivity contribution in [1.29, 1.82) is 0 Å². The van der Waals surface area contributed by atoms with E-state index in [4.69, 9.17) is 9.47 Å². The minimum absolute atomic E-state index is 0.181. The van der Waals surface area contributed by atoms with Crippen LogP contribution in [0.2, 0.25) is 0 Å². The highest BCUT2D eigenvalue weighted by Gasteiger charge is 2.21. The smallest absolute Gasteiger partial charge is 0.326 e. The lowest BCUT2D eigenvalue weighted by atomic mass is 9.96. The van der Waals surface area contributed by atoms with Crippen LogP contribution >= 0.6 is 0 Å². The maximum absolute atomic E-state index is 11.7. The molecular weight excluding hydrogens is 286 g/mol. The molecule has 1 rings (SSSR count). The minimum Gasteiger partial charge on any atom is -0.480 e. The lowest BCUT2D eigenvalue weighted by molar-refractivity contribution is -0.142.